The summed E-state index contributed by atoms with van der Waals surface area (Å²) in [5.41, 5.74) is 0.205. The molecule has 0 spiro atoms. The smallest absolute Gasteiger partial charge is 0.335 e. The van der Waals surface area contributed by atoms with Gasteiger partial charge in [-0.25, -0.2) is 4.79 Å². The van der Waals surface area contributed by atoms with Crippen LogP contribution in [0.1, 0.15) is 46.5 Å². The molecule has 1 saturated heterocycles. The molecular weight excluding hydrogens is 394 g/mol. The maximum absolute atomic E-state index is 11.6. The van der Waals surface area contributed by atoms with Crippen LogP contribution in [0.15, 0.2) is 12.2 Å². The van der Waals surface area contributed by atoms with Gasteiger partial charge in [-0.3, -0.25) is 9.59 Å². The summed E-state index contributed by atoms with van der Waals surface area (Å²) in [6.07, 6.45) is 5.31. The van der Waals surface area contributed by atoms with Gasteiger partial charge in [0.2, 0.25) is 0 Å². The molecule has 1 heterocycles. The van der Waals surface area contributed by atoms with Crippen molar-refractivity contribution in [3.63, 3.8) is 0 Å². The Morgan fingerprint density at radius 1 is 0.833 bits per heavy atom. The van der Waals surface area contributed by atoms with Gasteiger partial charge < -0.3 is 23.8 Å². The predicted molar refractivity (Wildman–Crippen MR) is 108 cm³/mol. The topological polar surface area (TPSA) is 101 Å². The lowest BCUT2D eigenvalue weighted by Crippen LogP contribution is -2.32. The average Bonchev–Trinajstić information content (AvgIpc) is 2.98. The fraction of sp³-hybridized carbons (Fsp3) is 0.762. The van der Waals surface area contributed by atoms with Gasteiger partial charge in [-0.1, -0.05) is 32.9 Å². The summed E-state index contributed by atoms with van der Waals surface area (Å²) in [6.45, 7) is 9.96. The van der Waals surface area contributed by atoms with E-state index < -0.39 is 17.8 Å². The minimum absolute atomic E-state index is 0.0494. The largest absolute Gasteiger partial charge is 0.379 e. The standard InChI is InChI=1S/C21H35NO8/c1-21(2,3)9-4-5-10-26-12-14-28-16-17-29-15-13-27-11-8-20(25)30-22-18(23)6-7-19(22)24/h4,9H,5-8,10-17H2,1-3H3/b9-4+. The molecule has 172 valence electrons. The van der Waals surface area contributed by atoms with E-state index in [0.29, 0.717) is 51.3 Å². The van der Waals surface area contributed by atoms with Crippen molar-refractivity contribution < 1.29 is 38.2 Å². The van der Waals surface area contributed by atoms with E-state index in [1.54, 1.807) is 0 Å². The highest BCUT2D eigenvalue weighted by Crippen LogP contribution is 2.14. The van der Waals surface area contributed by atoms with Crippen molar-refractivity contribution in [2.24, 2.45) is 5.41 Å². The zero-order valence-electron chi connectivity index (χ0n) is 18.4. The molecule has 1 rings (SSSR count). The van der Waals surface area contributed by atoms with Crippen molar-refractivity contribution in [1.29, 1.82) is 0 Å². The monoisotopic (exact) mass is 429 g/mol. The molecule has 1 aliphatic rings. The Labute approximate surface area is 178 Å². The van der Waals surface area contributed by atoms with Gasteiger partial charge in [-0.15, -0.1) is 5.06 Å². The number of carbonyl (C=O) groups excluding carboxylic acids is 3. The molecule has 0 atom stereocenters. The Kier molecular flexibility index (Phi) is 13.2. The van der Waals surface area contributed by atoms with Crippen LogP contribution in [0, 0.1) is 5.41 Å². The number of imide groups is 1. The van der Waals surface area contributed by atoms with E-state index in [2.05, 4.69) is 32.9 Å². The van der Waals surface area contributed by atoms with Crippen LogP contribution < -0.4 is 0 Å². The lowest BCUT2D eigenvalue weighted by molar-refractivity contribution is -0.198. The summed E-state index contributed by atoms with van der Waals surface area (Å²) in [6, 6.07) is 0. The number of ether oxygens (including phenoxy) is 4. The molecule has 9 heteroatoms. The molecule has 0 bridgehead atoms. The number of hydrogen-bond donors (Lipinski definition) is 0. The highest BCUT2D eigenvalue weighted by molar-refractivity contribution is 6.01. The highest BCUT2D eigenvalue weighted by atomic mass is 16.7. The van der Waals surface area contributed by atoms with E-state index >= 15 is 0 Å². The molecule has 1 fully saturated rings. The first-order valence-corrected chi connectivity index (χ1v) is 10.3. The third-order valence-corrected chi connectivity index (χ3v) is 3.81. The van der Waals surface area contributed by atoms with Crippen molar-refractivity contribution in [2.45, 2.75) is 46.5 Å². The second-order valence-electron chi connectivity index (χ2n) is 7.80. The second kappa shape index (κ2) is 15.1. The van der Waals surface area contributed by atoms with Crippen LogP contribution in [-0.2, 0) is 38.2 Å². The van der Waals surface area contributed by atoms with E-state index in [1.165, 1.54) is 0 Å². The fourth-order valence-electron chi connectivity index (χ4n) is 2.31. The Hall–Kier alpha value is -1.81. The van der Waals surface area contributed by atoms with Crippen molar-refractivity contribution in [2.75, 3.05) is 52.9 Å². The van der Waals surface area contributed by atoms with Gasteiger partial charge in [-0.2, -0.15) is 0 Å². The highest BCUT2D eigenvalue weighted by Gasteiger charge is 2.32. The molecule has 1 aliphatic heterocycles. The molecule has 0 aromatic heterocycles. The molecule has 0 unspecified atom stereocenters. The van der Waals surface area contributed by atoms with E-state index in [4.69, 9.17) is 23.8 Å². The van der Waals surface area contributed by atoms with E-state index in [1.807, 2.05) is 0 Å². The van der Waals surface area contributed by atoms with Gasteiger partial charge in [0, 0.05) is 12.8 Å². The van der Waals surface area contributed by atoms with E-state index in [-0.39, 0.29) is 31.3 Å². The molecular formula is C21H35NO8. The van der Waals surface area contributed by atoms with Crippen LogP contribution in [-0.4, -0.2) is 75.7 Å². The van der Waals surface area contributed by atoms with Crippen LogP contribution in [0.3, 0.4) is 0 Å². The molecule has 0 aliphatic carbocycles. The molecule has 0 radical (unpaired) electrons. The first-order valence-electron chi connectivity index (χ1n) is 10.3. The second-order valence-corrected chi connectivity index (χ2v) is 7.80. The van der Waals surface area contributed by atoms with Crippen molar-refractivity contribution >= 4 is 17.8 Å². The molecule has 0 N–H and O–H groups in total. The molecule has 2 amide bonds. The molecule has 0 aromatic rings. The van der Waals surface area contributed by atoms with Gasteiger partial charge in [-0.05, 0) is 11.8 Å². The van der Waals surface area contributed by atoms with Gasteiger partial charge in [0.05, 0.1) is 59.3 Å². The summed E-state index contributed by atoms with van der Waals surface area (Å²) in [7, 11) is 0. The number of rotatable bonds is 16. The van der Waals surface area contributed by atoms with Crippen LogP contribution in [0.2, 0.25) is 0 Å². The summed E-state index contributed by atoms with van der Waals surface area (Å²) in [4.78, 5) is 38.9. The van der Waals surface area contributed by atoms with Crippen LogP contribution in [0.5, 0.6) is 0 Å². The van der Waals surface area contributed by atoms with E-state index in [0.717, 1.165) is 6.42 Å². The fourth-order valence-corrected chi connectivity index (χ4v) is 2.31. The summed E-state index contributed by atoms with van der Waals surface area (Å²) in [5.74, 6) is -1.67. The van der Waals surface area contributed by atoms with Gasteiger partial charge >= 0.3 is 5.97 Å². The molecule has 30 heavy (non-hydrogen) atoms. The zero-order valence-corrected chi connectivity index (χ0v) is 18.4. The quantitative estimate of drug-likeness (QED) is 0.209. The Balaban J connectivity index is 1.81. The molecule has 9 nitrogen and oxygen atoms in total. The van der Waals surface area contributed by atoms with Crippen LogP contribution in [0.4, 0.5) is 0 Å². The van der Waals surface area contributed by atoms with Gasteiger partial charge in [0.1, 0.15) is 0 Å². The number of nitrogens with zero attached hydrogens (tertiary/aromatic N) is 1. The number of hydroxylamine groups is 2. The lowest BCUT2D eigenvalue weighted by Gasteiger charge is -2.12. The summed E-state index contributed by atoms with van der Waals surface area (Å²) >= 11 is 0. The number of amides is 2. The van der Waals surface area contributed by atoms with Crippen molar-refractivity contribution in [1.82, 2.24) is 5.06 Å². The van der Waals surface area contributed by atoms with Crippen LogP contribution >= 0.6 is 0 Å². The SMILES string of the molecule is CC(C)(C)/C=C/CCOCCOCCOCCOCCC(=O)ON1C(=O)CCC1=O. The van der Waals surface area contributed by atoms with E-state index in [9.17, 15) is 14.4 Å². The Morgan fingerprint density at radius 2 is 1.30 bits per heavy atom. The first kappa shape index (κ1) is 26.2. The predicted octanol–water partition coefficient (Wildman–Crippen LogP) is 2.04. The van der Waals surface area contributed by atoms with Crippen molar-refractivity contribution in [3.8, 4) is 0 Å². The lowest BCUT2D eigenvalue weighted by atomic mass is 9.96. The minimum Gasteiger partial charge on any atom is -0.379 e. The normalized spacial score (nSPS) is 14.8. The van der Waals surface area contributed by atoms with Crippen LogP contribution in [0.25, 0.3) is 0 Å². The molecule has 0 aromatic carbocycles. The first-order chi connectivity index (χ1) is 14.3. The zero-order chi connectivity index (χ0) is 22.2. The number of allylic oxidation sites excluding steroid dienone is 1. The average molecular weight is 430 g/mol. The summed E-state index contributed by atoms with van der Waals surface area (Å²) in [5, 5.41) is 0.528. The van der Waals surface area contributed by atoms with Crippen molar-refractivity contribution in [3.05, 3.63) is 12.2 Å². The number of hydrogen-bond acceptors (Lipinski definition) is 8. The van der Waals surface area contributed by atoms with Gasteiger partial charge in [0.15, 0.2) is 0 Å². The minimum atomic E-state index is -0.680. The summed E-state index contributed by atoms with van der Waals surface area (Å²) < 4.78 is 21.5. The third-order valence-electron chi connectivity index (χ3n) is 3.81. The van der Waals surface area contributed by atoms with Gasteiger partial charge in [0.25, 0.3) is 11.8 Å². The third kappa shape index (κ3) is 13.4. The number of carbonyl (C=O) groups is 3. The maximum atomic E-state index is 11.6. The maximum Gasteiger partial charge on any atom is 0.335 e. The Bertz CT molecular complexity index is 540. The Morgan fingerprint density at radius 3 is 1.80 bits per heavy atom. The molecule has 0 saturated carbocycles.